The topological polar surface area (TPSA) is 15.6 Å². The predicted molar refractivity (Wildman–Crippen MR) is 58.0 cm³/mol. The van der Waals surface area contributed by atoms with E-state index >= 15 is 0 Å². The van der Waals surface area contributed by atoms with Crippen molar-refractivity contribution in [2.45, 2.75) is 46.0 Å². The molecule has 0 radical (unpaired) electrons. The van der Waals surface area contributed by atoms with Gasteiger partial charge >= 0.3 is 0 Å². The third-order valence-corrected chi connectivity index (χ3v) is 2.62. The van der Waals surface area contributed by atoms with Crippen LogP contribution in [0.15, 0.2) is 5.10 Å². The molecule has 0 heterocycles. The number of hydrazone groups is 1. The molecule has 1 aliphatic carbocycles. The van der Waals surface area contributed by atoms with E-state index in [1.165, 1.54) is 32.1 Å². The van der Waals surface area contributed by atoms with Gasteiger partial charge in [-0.3, -0.25) is 5.01 Å². The lowest BCUT2D eigenvalue weighted by Crippen LogP contribution is -2.23. The highest BCUT2D eigenvalue weighted by molar-refractivity contribution is 5.78. The Morgan fingerprint density at radius 2 is 1.85 bits per heavy atom. The van der Waals surface area contributed by atoms with Crippen molar-refractivity contribution in [1.82, 2.24) is 5.01 Å². The molecule has 0 saturated heterocycles. The second-order valence-electron chi connectivity index (χ2n) is 4.39. The highest BCUT2D eigenvalue weighted by Gasteiger charge is 2.14. The molecule has 0 N–H and O–H groups in total. The summed E-state index contributed by atoms with van der Waals surface area (Å²) in [4.78, 5) is 0. The summed E-state index contributed by atoms with van der Waals surface area (Å²) in [7, 11) is 2.08. The second kappa shape index (κ2) is 5.25. The number of nitrogens with zero attached hydrogens (tertiary/aromatic N) is 2. The molecular formula is C11H22N2. The number of hydrogen-bond donors (Lipinski definition) is 0. The molecule has 0 aromatic carbocycles. The molecular weight excluding hydrogens is 160 g/mol. The van der Waals surface area contributed by atoms with Crippen LogP contribution in [0.25, 0.3) is 0 Å². The smallest absolute Gasteiger partial charge is 0.0385 e. The first-order valence-corrected chi connectivity index (χ1v) is 5.41. The highest BCUT2D eigenvalue weighted by Crippen LogP contribution is 2.24. The van der Waals surface area contributed by atoms with Crippen LogP contribution in [-0.4, -0.2) is 24.3 Å². The van der Waals surface area contributed by atoms with Gasteiger partial charge in [0.05, 0.1) is 0 Å². The Bertz CT molecular complexity index is 165. The summed E-state index contributed by atoms with van der Waals surface area (Å²) in [5.74, 6) is 0.891. The lowest BCUT2D eigenvalue weighted by molar-refractivity contribution is 0.240. The van der Waals surface area contributed by atoms with Crippen LogP contribution in [-0.2, 0) is 0 Å². The molecule has 0 bridgehead atoms. The van der Waals surface area contributed by atoms with Crippen molar-refractivity contribution < 1.29 is 0 Å². The summed E-state index contributed by atoms with van der Waals surface area (Å²) in [6.07, 6.45) is 7.10. The van der Waals surface area contributed by atoms with E-state index in [-0.39, 0.29) is 0 Å². The fraction of sp³-hybridized carbons (Fsp3) is 0.909. The molecule has 0 spiro atoms. The molecule has 1 fully saturated rings. The Hall–Kier alpha value is -0.530. The van der Waals surface area contributed by atoms with Crippen molar-refractivity contribution in [3.8, 4) is 0 Å². The molecule has 1 rings (SSSR count). The van der Waals surface area contributed by atoms with Crippen LogP contribution in [0.3, 0.4) is 0 Å². The van der Waals surface area contributed by atoms with Crippen molar-refractivity contribution in [1.29, 1.82) is 0 Å². The molecule has 0 aromatic heterocycles. The van der Waals surface area contributed by atoms with Crippen LogP contribution in [0.2, 0.25) is 0 Å². The van der Waals surface area contributed by atoms with Crippen molar-refractivity contribution in [3.63, 3.8) is 0 Å². The zero-order valence-corrected chi connectivity index (χ0v) is 9.21. The van der Waals surface area contributed by atoms with Gasteiger partial charge in [0.2, 0.25) is 0 Å². The Morgan fingerprint density at radius 1 is 1.23 bits per heavy atom. The highest BCUT2D eigenvalue weighted by atomic mass is 15.4. The molecule has 13 heavy (non-hydrogen) atoms. The minimum atomic E-state index is 0.891. The molecule has 2 nitrogen and oxygen atoms in total. The largest absolute Gasteiger partial charge is 0.300 e. The van der Waals surface area contributed by atoms with Gasteiger partial charge in [-0.15, -0.1) is 0 Å². The van der Waals surface area contributed by atoms with Crippen molar-refractivity contribution in [3.05, 3.63) is 0 Å². The summed E-state index contributed by atoms with van der Waals surface area (Å²) in [6, 6.07) is 0. The molecule has 76 valence electrons. The van der Waals surface area contributed by atoms with Gasteiger partial charge in [-0.25, -0.2) is 0 Å². The first-order chi connectivity index (χ1) is 6.18. The van der Waals surface area contributed by atoms with E-state index in [4.69, 9.17) is 0 Å². The van der Waals surface area contributed by atoms with E-state index < -0.39 is 0 Å². The van der Waals surface area contributed by atoms with Gasteiger partial charge in [-0.05, 0) is 32.6 Å². The van der Waals surface area contributed by atoms with Crippen LogP contribution in [0.1, 0.15) is 46.0 Å². The van der Waals surface area contributed by atoms with Crippen LogP contribution in [0.5, 0.6) is 0 Å². The third-order valence-electron chi connectivity index (χ3n) is 2.62. The van der Waals surface area contributed by atoms with Gasteiger partial charge in [-0.1, -0.05) is 19.3 Å². The van der Waals surface area contributed by atoms with Gasteiger partial charge in [0.1, 0.15) is 0 Å². The average molecular weight is 182 g/mol. The van der Waals surface area contributed by atoms with Gasteiger partial charge in [-0.2, -0.15) is 5.10 Å². The average Bonchev–Trinajstić information content (AvgIpc) is 2.04. The second-order valence-corrected chi connectivity index (χ2v) is 4.39. The first kappa shape index (κ1) is 10.6. The van der Waals surface area contributed by atoms with Gasteiger partial charge in [0, 0.05) is 19.3 Å². The Labute approximate surface area is 82.0 Å². The number of rotatable bonds is 3. The minimum Gasteiger partial charge on any atom is -0.300 e. The normalized spacial score (nSPS) is 18.4. The zero-order valence-electron chi connectivity index (χ0n) is 9.21. The quantitative estimate of drug-likeness (QED) is 0.484. The molecule has 0 aromatic rings. The van der Waals surface area contributed by atoms with E-state index in [1.807, 2.05) is 0 Å². The van der Waals surface area contributed by atoms with Crippen molar-refractivity contribution in [2.24, 2.45) is 11.0 Å². The summed E-state index contributed by atoms with van der Waals surface area (Å²) in [5.41, 5.74) is 1.15. The van der Waals surface area contributed by atoms with E-state index in [1.54, 1.807) is 0 Å². The molecule has 1 saturated carbocycles. The minimum absolute atomic E-state index is 0.891. The predicted octanol–water partition coefficient (Wildman–Crippen LogP) is 2.89. The Balaban J connectivity index is 2.26. The van der Waals surface area contributed by atoms with Gasteiger partial charge in [0.15, 0.2) is 0 Å². The summed E-state index contributed by atoms with van der Waals surface area (Å²) >= 11 is 0. The molecule has 0 unspecified atom stereocenters. The zero-order chi connectivity index (χ0) is 9.68. The standard InChI is InChI=1S/C11H22N2/c1-10(2)12-13(3)9-11-7-5-4-6-8-11/h11H,4-9H2,1-3H3. The molecule has 1 aliphatic rings. The lowest BCUT2D eigenvalue weighted by Gasteiger charge is -2.25. The van der Waals surface area contributed by atoms with Crippen LogP contribution in [0, 0.1) is 5.92 Å². The van der Waals surface area contributed by atoms with E-state index in [9.17, 15) is 0 Å². The van der Waals surface area contributed by atoms with Gasteiger partial charge < -0.3 is 0 Å². The van der Waals surface area contributed by atoms with Crippen LogP contribution >= 0.6 is 0 Å². The lowest BCUT2D eigenvalue weighted by atomic mass is 9.89. The van der Waals surface area contributed by atoms with E-state index in [0.717, 1.165) is 18.2 Å². The van der Waals surface area contributed by atoms with Crippen LogP contribution in [0.4, 0.5) is 0 Å². The first-order valence-electron chi connectivity index (χ1n) is 5.41. The van der Waals surface area contributed by atoms with E-state index in [2.05, 4.69) is 31.0 Å². The summed E-state index contributed by atoms with van der Waals surface area (Å²) < 4.78 is 0. The maximum Gasteiger partial charge on any atom is 0.0385 e. The SMILES string of the molecule is CC(C)=NN(C)CC1CCCCC1. The van der Waals surface area contributed by atoms with Crippen LogP contribution < -0.4 is 0 Å². The fourth-order valence-corrected chi connectivity index (χ4v) is 2.13. The maximum atomic E-state index is 4.42. The summed E-state index contributed by atoms with van der Waals surface area (Å²) in [6.45, 7) is 5.25. The van der Waals surface area contributed by atoms with E-state index in [0.29, 0.717) is 0 Å². The summed E-state index contributed by atoms with van der Waals surface area (Å²) in [5, 5.41) is 6.52. The Morgan fingerprint density at radius 3 is 2.38 bits per heavy atom. The molecule has 0 amide bonds. The molecule has 0 atom stereocenters. The van der Waals surface area contributed by atoms with Crippen molar-refractivity contribution in [2.75, 3.05) is 13.6 Å². The molecule has 2 heteroatoms. The van der Waals surface area contributed by atoms with Crippen molar-refractivity contribution >= 4 is 5.71 Å². The molecule has 0 aliphatic heterocycles. The van der Waals surface area contributed by atoms with Gasteiger partial charge in [0.25, 0.3) is 0 Å². The Kier molecular flexibility index (Phi) is 4.26. The third kappa shape index (κ3) is 4.30. The monoisotopic (exact) mass is 182 g/mol. The number of hydrogen-bond acceptors (Lipinski definition) is 2. The fourth-order valence-electron chi connectivity index (χ4n) is 2.13. The maximum absolute atomic E-state index is 4.42.